The molecule has 184 valence electrons. The van der Waals surface area contributed by atoms with Gasteiger partial charge in [-0.3, -0.25) is 9.59 Å². The van der Waals surface area contributed by atoms with Crippen LogP contribution in [0.1, 0.15) is 37.9 Å². The molecule has 1 aliphatic heterocycles. The van der Waals surface area contributed by atoms with E-state index in [2.05, 4.69) is 20.7 Å². The summed E-state index contributed by atoms with van der Waals surface area (Å²) in [4.78, 5) is 28.9. The number of amides is 2. The lowest BCUT2D eigenvalue weighted by molar-refractivity contribution is -0.124. The van der Waals surface area contributed by atoms with Crippen molar-refractivity contribution in [3.8, 4) is 23.1 Å². The number of rotatable bonds is 7. The quantitative estimate of drug-likeness (QED) is 0.547. The molecular formula is C24H28N6O5. The molecule has 11 nitrogen and oxygen atoms in total. The van der Waals surface area contributed by atoms with Crippen LogP contribution in [0.25, 0.3) is 11.6 Å². The SMILES string of the molecule is Cc1ccc(-c2nnn(CC(=O)N(CC(=O)NC3CCCCC3)c3ccc4c(c3)OCCO4)n2)o1. The summed E-state index contributed by atoms with van der Waals surface area (Å²) in [6, 6.07) is 8.89. The van der Waals surface area contributed by atoms with Gasteiger partial charge in [-0.2, -0.15) is 4.80 Å². The van der Waals surface area contributed by atoms with Crippen molar-refractivity contribution in [1.82, 2.24) is 25.5 Å². The molecule has 2 aliphatic rings. The van der Waals surface area contributed by atoms with Crippen molar-refractivity contribution < 1.29 is 23.5 Å². The number of furan rings is 1. The first-order valence-electron chi connectivity index (χ1n) is 11.9. The predicted molar refractivity (Wildman–Crippen MR) is 125 cm³/mol. The van der Waals surface area contributed by atoms with Gasteiger partial charge in [0.05, 0.1) is 0 Å². The fourth-order valence-corrected chi connectivity index (χ4v) is 4.36. The van der Waals surface area contributed by atoms with Crippen molar-refractivity contribution >= 4 is 17.5 Å². The van der Waals surface area contributed by atoms with E-state index in [1.165, 1.54) is 16.1 Å². The summed E-state index contributed by atoms with van der Waals surface area (Å²) in [5.41, 5.74) is 0.528. The van der Waals surface area contributed by atoms with Gasteiger partial charge in [0.15, 0.2) is 17.3 Å². The largest absolute Gasteiger partial charge is 0.486 e. The minimum atomic E-state index is -0.361. The van der Waals surface area contributed by atoms with Crippen molar-refractivity contribution in [2.24, 2.45) is 0 Å². The van der Waals surface area contributed by atoms with E-state index in [4.69, 9.17) is 13.9 Å². The molecule has 3 heterocycles. The second-order valence-electron chi connectivity index (χ2n) is 8.76. The number of anilines is 1. The Kier molecular flexibility index (Phi) is 6.64. The number of carbonyl (C=O) groups is 2. The van der Waals surface area contributed by atoms with Crippen LogP contribution in [0.2, 0.25) is 0 Å². The normalized spacial score (nSPS) is 15.6. The zero-order chi connectivity index (χ0) is 24.2. The highest BCUT2D eigenvalue weighted by Crippen LogP contribution is 2.34. The summed E-state index contributed by atoms with van der Waals surface area (Å²) in [6.07, 6.45) is 5.32. The van der Waals surface area contributed by atoms with Crippen LogP contribution in [0.4, 0.5) is 5.69 Å². The molecule has 1 N–H and O–H groups in total. The van der Waals surface area contributed by atoms with Gasteiger partial charge >= 0.3 is 0 Å². The zero-order valence-corrected chi connectivity index (χ0v) is 19.6. The molecule has 2 amide bonds. The maximum Gasteiger partial charge on any atom is 0.251 e. The number of fused-ring (bicyclic) bond motifs is 1. The molecule has 1 fully saturated rings. The number of ether oxygens (including phenoxy) is 2. The van der Waals surface area contributed by atoms with Gasteiger partial charge in [0.2, 0.25) is 11.7 Å². The molecule has 0 atom stereocenters. The van der Waals surface area contributed by atoms with E-state index in [-0.39, 0.29) is 36.8 Å². The molecule has 35 heavy (non-hydrogen) atoms. The molecule has 0 bridgehead atoms. The highest BCUT2D eigenvalue weighted by molar-refractivity contribution is 5.98. The number of aromatic nitrogens is 4. The molecule has 3 aromatic rings. The summed E-state index contributed by atoms with van der Waals surface area (Å²) < 4.78 is 16.8. The fraction of sp³-hybridized carbons (Fsp3) is 0.458. The van der Waals surface area contributed by atoms with Crippen LogP contribution in [-0.4, -0.2) is 57.8 Å². The van der Waals surface area contributed by atoms with Crippen LogP contribution < -0.4 is 19.7 Å². The van der Waals surface area contributed by atoms with E-state index in [1.54, 1.807) is 30.3 Å². The smallest absolute Gasteiger partial charge is 0.251 e. The van der Waals surface area contributed by atoms with Gasteiger partial charge < -0.3 is 24.1 Å². The van der Waals surface area contributed by atoms with Crippen LogP contribution in [0, 0.1) is 6.92 Å². The lowest BCUT2D eigenvalue weighted by Gasteiger charge is -2.27. The molecule has 0 unspecified atom stereocenters. The monoisotopic (exact) mass is 480 g/mol. The van der Waals surface area contributed by atoms with E-state index in [0.717, 1.165) is 31.4 Å². The number of carbonyl (C=O) groups excluding carboxylic acids is 2. The van der Waals surface area contributed by atoms with Gasteiger partial charge in [-0.05, 0) is 49.2 Å². The number of nitrogens with one attached hydrogen (secondary N) is 1. The highest BCUT2D eigenvalue weighted by atomic mass is 16.6. The first-order chi connectivity index (χ1) is 17.0. The van der Waals surface area contributed by atoms with Crippen LogP contribution in [0.15, 0.2) is 34.7 Å². The van der Waals surface area contributed by atoms with Gasteiger partial charge in [0.25, 0.3) is 5.91 Å². The maximum absolute atomic E-state index is 13.4. The van der Waals surface area contributed by atoms with Gasteiger partial charge in [0.1, 0.15) is 32.1 Å². The lowest BCUT2D eigenvalue weighted by atomic mass is 9.95. The molecule has 2 aromatic heterocycles. The zero-order valence-electron chi connectivity index (χ0n) is 19.6. The highest BCUT2D eigenvalue weighted by Gasteiger charge is 2.25. The molecule has 11 heteroatoms. The summed E-state index contributed by atoms with van der Waals surface area (Å²) in [5, 5.41) is 15.3. The third-order valence-electron chi connectivity index (χ3n) is 6.10. The van der Waals surface area contributed by atoms with E-state index >= 15 is 0 Å². The minimum absolute atomic E-state index is 0.131. The van der Waals surface area contributed by atoms with Gasteiger partial charge in [0, 0.05) is 17.8 Å². The molecule has 5 rings (SSSR count). The van der Waals surface area contributed by atoms with Crippen molar-refractivity contribution in [1.29, 1.82) is 0 Å². The third-order valence-corrected chi connectivity index (χ3v) is 6.10. The Labute approximate surface area is 202 Å². The Hall–Kier alpha value is -3.89. The predicted octanol–water partition coefficient (Wildman–Crippen LogP) is 2.49. The first kappa shape index (κ1) is 22.9. The van der Waals surface area contributed by atoms with Crippen molar-refractivity contribution in [2.75, 3.05) is 24.7 Å². The first-order valence-corrected chi connectivity index (χ1v) is 11.9. The maximum atomic E-state index is 13.4. The summed E-state index contributed by atoms with van der Waals surface area (Å²) in [5.74, 6) is 2.05. The Morgan fingerprint density at radius 3 is 2.66 bits per heavy atom. The summed E-state index contributed by atoms with van der Waals surface area (Å²) >= 11 is 0. The average Bonchev–Trinajstić information content (AvgIpc) is 3.51. The summed E-state index contributed by atoms with van der Waals surface area (Å²) in [6.45, 7) is 2.38. The van der Waals surface area contributed by atoms with E-state index in [9.17, 15) is 9.59 Å². The van der Waals surface area contributed by atoms with E-state index in [1.807, 2.05) is 6.92 Å². The third kappa shape index (κ3) is 5.44. The standard InChI is InChI=1S/C24H28N6O5/c1-16-7-9-20(35-16)24-26-28-30(27-24)15-23(32)29(14-22(31)25-17-5-3-2-4-6-17)18-8-10-19-21(13-18)34-12-11-33-19/h7-10,13,17H,2-6,11-12,14-15H2,1H3,(H,25,31). The van der Waals surface area contributed by atoms with Gasteiger partial charge in [-0.1, -0.05) is 19.3 Å². The topological polar surface area (TPSA) is 125 Å². The summed E-state index contributed by atoms with van der Waals surface area (Å²) in [7, 11) is 0. The molecule has 1 aliphatic carbocycles. The van der Waals surface area contributed by atoms with Crippen molar-refractivity contribution in [2.45, 2.75) is 51.6 Å². The molecule has 1 aromatic carbocycles. The molecule has 0 spiro atoms. The van der Waals surface area contributed by atoms with Gasteiger partial charge in [-0.25, -0.2) is 0 Å². The van der Waals surface area contributed by atoms with Crippen molar-refractivity contribution in [3.05, 3.63) is 36.1 Å². The number of nitrogens with zero attached hydrogens (tertiary/aromatic N) is 5. The lowest BCUT2D eigenvalue weighted by Crippen LogP contribution is -2.46. The number of benzene rings is 1. The van der Waals surface area contributed by atoms with Crippen LogP contribution >= 0.6 is 0 Å². The average molecular weight is 481 g/mol. The second-order valence-corrected chi connectivity index (χ2v) is 8.76. The van der Waals surface area contributed by atoms with Crippen molar-refractivity contribution in [3.63, 3.8) is 0 Å². The Morgan fingerprint density at radius 2 is 1.89 bits per heavy atom. The minimum Gasteiger partial charge on any atom is -0.486 e. The van der Waals surface area contributed by atoms with Crippen LogP contribution in [0.5, 0.6) is 11.5 Å². The van der Waals surface area contributed by atoms with Crippen LogP contribution in [-0.2, 0) is 16.1 Å². The number of hydrogen-bond donors (Lipinski definition) is 1. The van der Waals surface area contributed by atoms with E-state index < -0.39 is 0 Å². The van der Waals surface area contributed by atoms with E-state index in [0.29, 0.717) is 36.2 Å². The number of tetrazole rings is 1. The number of hydrogen-bond acceptors (Lipinski definition) is 8. The Balaban J connectivity index is 1.34. The molecule has 0 radical (unpaired) electrons. The Morgan fingerprint density at radius 1 is 1.09 bits per heavy atom. The molecule has 1 saturated carbocycles. The fourth-order valence-electron chi connectivity index (χ4n) is 4.36. The number of aryl methyl sites for hydroxylation is 1. The molecular weight excluding hydrogens is 452 g/mol. The Bertz CT molecular complexity index is 1200. The van der Waals surface area contributed by atoms with Gasteiger partial charge in [-0.15, -0.1) is 10.2 Å². The second kappa shape index (κ2) is 10.2. The van der Waals surface area contributed by atoms with Crippen LogP contribution in [0.3, 0.4) is 0 Å². The molecule has 0 saturated heterocycles.